The van der Waals surface area contributed by atoms with Crippen LogP contribution < -0.4 is 10.0 Å². The summed E-state index contributed by atoms with van der Waals surface area (Å²) in [7, 11) is -3.30. The SMILES string of the molecule is CCCC(C)Nc1ccc(NS(C)(=O)=O)c(Cl)c1. The Morgan fingerprint density at radius 2 is 2.06 bits per heavy atom. The van der Waals surface area contributed by atoms with E-state index in [0.29, 0.717) is 16.8 Å². The summed E-state index contributed by atoms with van der Waals surface area (Å²) in [6.07, 6.45) is 3.27. The number of hydrogen-bond acceptors (Lipinski definition) is 3. The minimum Gasteiger partial charge on any atom is -0.383 e. The minimum absolute atomic E-state index is 0.361. The van der Waals surface area contributed by atoms with Gasteiger partial charge in [-0.25, -0.2) is 8.42 Å². The van der Waals surface area contributed by atoms with Crippen LogP contribution in [0.1, 0.15) is 26.7 Å². The van der Waals surface area contributed by atoms with E-state index in [1.807, 2.05) is 6.07 Å². The van der Waals surface area contributed by atoms with Gasteiger partial charge < -0.3 is 5.32 Å². The predicted molar refractivity (Wildman–Crippen MR) is 77.9 cm³/mol. The molecule has 1 atom stereocenters. The molecular formula is C12H19ClN2O2S. The van der Waals surface area contributed by atoms with Crippen LogP contribution in [0.3, 0.4) is 0 Å². The van der Waals surface area contributed by atoms with Crippen molar-refractivity contribution in [3.63, 3.8) is 0 Å². The van der Waals surface area contributed by atoms with Crippen LogP contribution in [0.5, 0.6) is 0 Å². The van der Waals surface area contributed by atoms with Gasteiger partial charge in [0, 0.05) is 11.7 Å². The molecule has 4 nitrogen and oxygen atoms in total. The third kappa shape index (κ3) is 5.14. The lowest BCUT2D eigenvalue weighted by Crippen LogP contribution is -2.14. The van der Waals surface area contributed by atoms with Gasteiger partial charge in [0.15, 0.2) is 0 Å². The van der Waals surface area contributed by atoms with Gasteiger partial charge >= 0.3 is 0 Å². The number of benzene rings is 1. The molecule has 0 heterocycles. The Bertz CT molecular complexity index is 503. The molecule has 0 saturated carbocycles. The summed E-state index contributed by atoms with van der Waals surface area (Å²) in [5.41, 5.74) is 1.29. The maximum absolute atomic E-state index is 11.1. The van der Waals surface area contributed by atoms with Gasteiger partial charge in [-0.1, -0.05) is 24.9 Å². The van der Waals surface area contributed by atoms with E-state index in [0.717, 1.165) is 24.8 Å². The summed E-state index contributed by atoms with van der Waals surface area (Å²) in [6.45, 7) is 4.23. The number of halogens is 1. The highest BCUT2D eigenvalue weighted by atomic mass is 35.5. The number of nitrogens with one attached hydrogen (secondary N) is 2. The first-order chi connectivity index (χ1) is 8.31. The quantitative estimate of drug-likeness (QED) is 0.845. The van der Waals surface area contributed by atoms with Crippen LogP contribution in [0.25, 0.3) is 0 Å². The maximum atomic E-state index is 11.1. The van der Waals surface area contributed by atoms with Crippen molar-refractivity contribution >= 4 is 33.0 Å². The molecular weight excluding hydrogens is 272 g/mol. The average Bonchev–Trinajstić information content (AvgIpc) is 2.21. The van der Waals surface area contributed by atoms with Gasteiger partial charge in [0.1, 0.15) is 0 Å². The Labute approximate surface area is 114 Å². The molecule has 0 fully saturated rings. The largest absolute Gasteiger partial charge is 0.383 e. The second kappa shape index (κ2) is 6.29. The first-order valence-electron chi connectivity index (χ1n) is 5.85. The summed E-state index contributed by atoms with van der Waals surface area (Å²) in [6, 6.07) is 5.55. The molecule has 0 aromatic heterocycles. The summed E-state index contributed by atoms with van der Waals surface area (Å²) in [5.74, 6) is 0. The van der Waals surface area contributed by atoms with Gasteiger partial charge in [-0.2, -0.15) is 0 Å². The van der Waals surface area contributed by atoms with Crippen LogP contribution in [-0.2, 0) is 10.0 Å². The van der Waals surface area contributed by atoms with E-state index >= 15 is 0 Å². The minimum atomic E-state index is -3.30. The Morgan fingerprint density at radius 1 is 1.39 bits per heavy atom. The lowest BCUT2D eigenvalue weighted by molar-refractivity contribution is 0.607. The molecule has 0 spiro atoms. The molecule has 1 aromatic carbocycles. The van der Waals surface area contributed by atoms with Crippen molar-refractivity contribution < 1.29 is 8.42 Å². The highest BCUT2D eigenvalue weighted by Gasteiger charge is 2.08. The number of sulfonamides is 1. The molecule has 0 aliphatic rings. The molecule has 0 aliphatic heterocycles. The average molecular weight is 291 g/mol. The standard InChI is InChI=1S/C12H19ClN2O2S/c1-4-5-9(2)14-10-6-7-12(11(13)8-10)15-18(3,16)17/h6-9,14-15H,4-5H2,1-3H3. The van der Waals surface area contributed by atoms with Crippen molar-refractivity contribution in [2.45, 2.75) is 32.7 Å². The topological polar surface area (TPSA) is 58.2 Å². The Hall–Kier alpha value is -0.940. The molecule has 18 heavy (non-hydrogen) atoms. The zero-order valence-electron chi connectivity index (χ0n) is 10.8. The van der Waals surface area contributed by atoms with E-state index in [2.05, 4.69) is 23.9 Å². The van der Waals surface area contributed by atoms with E-state index in [9.17, 15) is 8.42 Å². The number of anilines is 2. The first kappa shape index (κ1) is 15.1. The molecule has 1 rings (SSSR count). The molecule has 0 bridgehead atoms. The van der Waals surface area contributed by atoms with Crippen molar-refractivity contribution in [1.82, 2.24) is 0 Å². The monoisotopic (exact) mass is 290 g/mol. The van der Waals surface area contributed by atoms with Crippen LogP contribution in [0, 0.1) is 0 Å². The molecule has 1 unspecified atom stereocenters. The Morgan fingerprint density at radius 3 is 2.56 bits per heavy atom. The van der Waals surface area contributed by atoms with Crippen LogP contribution >= 0.6 is 11.6 Å². The van der Waals surface area contributed by atoms with Crippen molar-refractivity contribution in [3.05, 3.63) is 23.2 Å². The second-order valence-corrected chi connectivity index (χ2v) is 6.56. The van der Waals surface area contributed by atoms with E-state index < -0.39 is 10.0 Å². The van der Waals surface area contributed by atoms with Gasteiger partial charge in [0.2, 0.25) is 10.0 Å². The van der Waals surface area contributed by atoms with E-state index in [1.54, 1.807) is 12.1 Å². The third-order valence-electron chi connectivity index (χ3n) is 2.40. The van der Waals surface area contributed by atoms with Gasteiger partial charge in [-0.3, -0.25) is 4.72 Å². The Balaban J connectivity index is 2.79. The fraction of sp³-hybridized carbons (Fsp3) is 0.500. The van der Waals surface area contributed by atoms with Crippen molar-refractivity contribution in [2.75, 3.05) is 16.3 Å². The van der Waals surface area contributed by atoms with Gasteiger partial charge in [0.25, 0.3) is 0 Å². The van der Waals surface area contributed by atoms with E-state index in [4.69, 9.17) is 11.6 Å². The Kier molecular flexibility index (Phi) is 5.28. The fourth-order valence-corrected chi connectivity index (χ4v) is 2.54. The molecule has 0 amide bonds. The van der Waals surface area contributed by atoms with Crippen LogP contribution in [0.2, 0.25) is 5.02 Å². The lowest BCUT2D eigenvalue weighted by Gasteiger charge is -2.15. The summed E-state index contributed by atoms with van der Waals surface area (Å²) in [4.78, 5) is 0. The highest BCUT2D eigenvalue weighted by Crippen LogP contribution is 2.26. The van der Waals surface area contributed by atoms with E-state index in [1.165, 1.54) is 0 Å². The first-order valence-corrected chi connectivity index (χ1v) is 8.12. The van der Waals surface area contributed by atoms with Gasteiger partial charge in [-0.05, 0) is 31.5 Å². The van der Waals surface area contributed by atoms with Gasteiger partial charge in [0.05, 0.1) is 17.0 Å². The third-order valence-corrected chi connectivity index (χ3v) is 3.30. The van der Waals surface area contributed by atoms with Crippen LogP contribution in [-0.4, -0.2) is 20.7 Å². The summed E-state index contributed by atoms with van der Waals surface area (Å²) in [5, 5.41) is 3.70. The smallest absolute Gasteiger partial charge is 0.229 e. The summed E-state index contributed by atoms with van der Waals surface area (Å²) >= 11 is 6.03. The maximum Gasteiger partial charge on any atom is 0.229 e. The molecule has 0 aliphatic carbocycles. The van der Waals surface area contributed by atoms with Crippen molar-refractivity contribution in [3.8, 4) is 0 Å². The molecule has 0 radical (unpaired) electrons. The zero-order chi connectivity index (χ0) is 13.8. The number of rotatable bonds is 6. The molecule has 102 valence electrons. The van der Waals surface area contributed by atoms with Gasteiger partial charge in [-0.15, -0.1) is 0 Å². The van der Waals surface area contributed by atoms with Crippen molar-refractivity contribution in [2.24, 2.45) is 0 Å². The second-order valence-electron chi connectivity index (χ2n) is 4.40. The molecule has 6 heteroatoms. The van der Waals surface area contributed by atoms with Crippen molar-refractivity contribution in [1.29, 1.82) is 0 Å². The molecule has 1 aromatic rings. The van der Waals surface area contributed by atoms with E-state index in [-0.39, 0.29) is 0 Å². The summed E-state index contributed by atoms with van der Waals surface area (Å²) < 4.78 is 24.6. The van der Waals surface area contributed by atoms with Crippen LogP contribution in [0.4, 0.5) is 11.4 Å². The normalized spacial score (nSPS) is 13.1. The number of hydrogen-bond donors (Lipinski definition) is 2. The lowest BCUT2D eigenvalue weighted by atomic mass is 10.2. The van der Waals surface area contributed by atoms with Crippen LogP contribution in [0.15, 0.2) is 18.2 Å². The highest BCUT2D eigenvalue weighted by molar-refractivity contribution is 7.92. The fourth-order valence-electron chi connectivity index (χ4n) is 1.68. The molecule has 2 N–H and O–H groups in total. The predicted octanol–water partition coefficient (Wildman–Crippen LogP) is 3.31. The molecule has 0 saturated heterocycles. The zero-order valence-corrected chi connectivity index (χ0v) is 12.4.